The minimum Gasteiger partial charge on any atom is -0.481 e. The fourth-order valence-corrected chi connectivity index (χ4v) is 3.00. The highest BCUT2D eigenvalue weighted by molar-refractivity contribution is 5.80. The van der Waals surface area contributed by atoms with Crippen molar-refractivity contribution < 1.29 is 14.7 Å². The Morgan fingerprint density at radius 2 is 1.72 bits per heavy atom. The fraction of sp³-hybridized carbons (Fsp3) is 0.846. The van der Waals surface area contributed by atoms with Crippen LogP contribution in [0.3, 0.4) is 0 Å². The second kappa shape index (κ2) is 5.69. The van der Waals surface area contributed by atoms with Crippen molar-refractivity contribution in [2.45, 2.75) is 44.6 Å². The van der Waals surface area contributed by atoms with Crippen LogP contribution in [-0.2, 0) is 9.59 Å². The van der Waals surface area contributed by atoms with E-state index in [1.54, 1.807) is 4.90 Å². The quantitative estimate of drug-likeness (QED) is 0.764. The molecule has 0 bridgehead atoms. The van der Waals surface area contributed by atoms with Gasteiger partial charge in [-0.3, -0.25) is 9.59 Å². The molecule has 1 atom stereocenters. The number of carbonyl (C=O) groups is 2. The summed E-state index contributed by atoms with van der Waals surface area (Å²) in [6, 6.07) is 0.238. The van der Waals surface area contributed by atoms with Crippen LogP contribution in [0.1, 0.15) is 38.5 Å². The number of rotatable bonds is 2. The third-order valence-corrected chi connectivity index (χ3v) is 4.20. The van der Waals surface area contributed by atoms with Crippen molar-refractivity contribution in [2.75, 3.05) is 13.1 Å². The van der Waals surface area contributed by atoms with E-state index < -0.39 is 5.97 Å². The SMILES string of the molecule is NC1CCC(C(=O)N2CCC[C@@H](C(=O)O)C2)CC1. The summed E-state index contributed by atoms with van der Waals surface area (Å²) in [5.41, 5.74) is 5.83. The lowest BCUT2D eigenvalue weighted by Crippen LogP contribution is -2.46. The Morgan fingerprint density at radius 3 is 2.33 bits per heavy atom. The van der Waals surface area contributed by atoms with E-state index in [9.17, 15) is 9.59 Å². The number of hydrogen-bond donors (Lipinski definition) is 2. The Balaban J connectivity index is 1.90. The average Bonchev–Trinajstić information content (AvgIpc) is 2.39. The molecule has 5 heteroatoms. The number of piperidine rings is 1. The smallest absolute Gasteiger partial charge is 0.308 e. The van der Waals surface area contributed by atoms with E-state index in [1.165, 1.54) is 0 Å². The van der Waals surface area contributed by atoms with Crippen LogP contribution < -0.4 is 5.73 Å². The fourth-order valence-electron chi connectivity index (χ4n) is 3.00. The van der Waals surface area contributed by atoms with Crippen molar-refractivity contribution >= 4 is 11.9 Å². The molecule has 102 valence electrons. The lowest BCUT2D eigenvalue weighted by molar-refractivity contribution is -0.147. The van der Waals surface area contributed by atoms with Gasteiger partial charge in [0.1, 0.15) is 0 Å². The zero-order valence-electron chi connectivity index (χ0n) is 10.7. The first-order chi connectivity index (χ1) is 8.58. The van der Waals surface area contributed by atoms with Gasteiger partial charge in [-0.25, -0.2) is 0 Å². The largest absolute Gasteiger partial charge is 0.481 e. The second-order valence-electron chi connectivity index (χ2n) is 5.57. The number of amides is 1. The summed E-state index contributed by atoms with van der Waals surface area (Å²) in [5.74, 6) is -0.947. The number of nitrogens with two attached hydrogens (primary N) is 1. The number of carboxylic acid groups (broad SMARTS) is 1. The minimum absolute atomic E-state index is 0.0670. The van der Waals surface area contributed by atoms with Gasteiger partial charge in [0.05, 0.1) is 5.92 Å². The predicted molar refractivity (Wildman–Crippen MR) is 66.9 cm³/mol. The topological polar surface area (TPSA) is 83.6 Å². The van der Waals surface area contributed by atoms with Crippen LogP contribution in [0.5, 0.6) is 0 Å². The van der Waals surface area contributed by atoms with Crippen LogP contribution >= 0.6 is 0 Å². The van der Waals surface area contributed by atoms with E-state index in [0.717, 1.165) is 32.1 Å². The molecule has 0 aromatic rings. The molecule has 1 saturated heterocycles. The number of nitrogens with zero attached hydrogens (tertiary/aromatic N) is 1. The number of carbonyl (C=O) groups excluding carboxylic acids is 1. The van der Waals surface area contributed by atoms with Crippen LogP contribution in [0.2, 0.25) is 0 Å². The Bertz CT molecular complexity index is 324. The van der Waals surface area contributed by atoms with Crippen molar-refractivity contribution in [1.82, 2.24) is 4.90 Å². The van der Waals surface area contributed by atoms with Crippen LogP contribution in [-0.4, -0.2) is 41.0 Å². The number of likely N-dealkylation sites (tertiary alicyclic amines) is 1. The van der Waals surface area contributed by atoms with Crippen molar-refractivity contribution in [1.29, 1.82) is 0 Å². The standard InChI is InChI=1S/C13H22N2O3/c14-11-5-3-9(4-6-11)12(16)15-7-1-2-10(8-15)13(17)18/h9-11H,1-8,14H2,(H,17,18)/t9?,10-,11?/m1/s1. The van der Waals surface area contributed by atoms with Crippen molar-refractivity contribution in [2.24, 2.45) is 17.6 Å². The van der Waals surface area contributed by atoms with E-state index in [-0.39, 0.29) is 23.8 Å². The summed E-state index contributed by atoms with van der Waals surface area (Å²) < 4.78 is 0. The molecule has 0 spiro atoms. The molecule has 0 aromatic heterocycles. The Morgan fingerprint density at radius 1 is 1.06 bits per heavy atom. The highest BCUT2D eigenvalue weighted by Crippen LogP contribution is 2.27. The number of carboxylic acids is 1. The molecule has 1 amide bonds. The molecule has 2 fully saturated rings. The third-order valence-electron chi connectivity index (χ3n) is 4.20. The van der Waals surface area contributed by atoms with Gasteiger partial charge in [0.15, 0.2) is 0 Å². The van der Waals surface area contributed by atoms with E-state index >= 15 is 0 Å². The highest BCUT2D eigenvalue weighted by Gasteiger charge is 2.33. The van der Waals surface area contributed by atoms with E-state index in [1.807, 2.05) is 0 Å². The van der Waals surface area contributed by atoms with Gasteiger partial charge in [-0.2, -0.15) is 0 Å². The normalized spacial score (nSPS) is 33.2. The molecule has 0 unspecified atom stereocenters. The summed E-state index contributed by atoms with van der Waals surface area (Å²) in [4.78, 5) is 25.1. The second-order valence-corrected chi connectivity index (χ2v) is 5.57. The van der Waals surface area contributed by atoms with Gasteiger partial charge in [0.25, 0.3) is 0 Å². The Hall–Kier alpha value is -1.10. The molecule has 0 radical (unpaired) electrons. The summed E-state index contributed by atoms with van der Waals surface area (Å²) >= 11 is 0. The first kappa shape index (κ1) is 13.3. The van der Waals surface area contributed by atoms with Gasteiger partial charge in [-0.05, 0) is 38.5 Å². The summed E-state index contributed by atoms with van der Waals surface area (Å²) in [6.45, 7) is 1.10. The zero-order chi connectivity index (χ0) is 13.1. The van der Waals surface area contributed by atoms with Crippen LogP contribution in [0, 0.1) is 11.8 Å². The van der Waals surface area contributed by atoms with Crippen LogP contribution in [0.4, 0.5) is 0 Å². The molecule has 3 N–H and O–H groups in total. The van der Waals surface area contributed by atoms with Crippen LogP contribution in [0.15, 0.2) is 0 Å². The van der Waals surface area contributed by atoms with Gasteiger partial charge in [-0.15, -0.1) is 0 Å². The third kappa shape index (κ3) is 3.02. The number of hydrogen-bond acceptors (Lipinski definition) is 3. The maximum atomic E-state index is 12.3. The Labute approximate surface area is 107 Å². The molecule has 1 heterocycles. The molecule has 18 heavy (non-hydrogen) atoms. The molecule has 1 saturated carbocycles. The molecule has 1 aliphatic heterocycles. The molecular weight excluding hydrogens is 232 g/mol. The zero-order valence-corrected chi connectivity index (χ0v) is 10.7. The molecule has 2 rings (SSSR count). The van der Waals surface area contributed by atoms with Gasteiger partial charge < -0.3 is 15.7 Å². The summed E-state index contributed by atoms with van der Waals surface area (Å²) in [7, 11) is 0. The maximum absolute atomic E-state index is 12.3. The minimum atomic E-state index is -0.779. The molecule has 5 nitrogen and oxygen atoms in total. The van der Waals surface area contributed by atoms with Gasteiger partial charge in [-0.1, -0.05) is 0 Å². The van der Waals surface area contributed by atoms with Gasteiger partial charge in [0, 0.05) is 25.0 Å². The van der Waals surface area contributed by atoms with Crippen molar-refractivity contribution in [3.8, 4) is 0 Å². The molecular formula is C13H22N2O3. The lowest BCUT2D eigenvalue weighted by Gasteiger charge is -2.35. The van der Waals surface area contributed by atoms with Crippen molar-refractivity contribution in [3.05, 3.63) is 0 Å². The highest BCUT2D eigenvalue weighted by atomic mass is 16.4. The van der Waals surface area contributed by atoms with Crippen molar-refractivity contribution in [3.63, 3.8) is 0 Å². The summed E-state index contributed by atoms with van der Waals surface area (Å²) in [6.07, 6.45) is 5.02. The summed E-state index contributed by atoms with van der Waals surface area (Å²) in [5, 5.41) is 9.03. The van der Waals surface area contributed by atoms with Gasteiger partial charge >= 0.3 is 5.97 Å². The molecule has 1 aliphatic carbocycles. The monoisotopic (exact) mass is 254 g/mol. The van der Waals surface area contributed by atoms with Crippen LogP contribution in [0.25, 0.3) is 0 Å². The first-order valence-corrected chi connectivity index (χ1v) is 6.85. The molecule has 0 aromatic carbocycles. The first-order valence-electron chi connectivity index (χ1n) is 6.85. The van der Waals surface area contributed by atoms with E-state index in [4.69, 9.17) is 10.8 Å². The van der Waals surface area contributed by atoms with Gasteiger partial charge in [0.2, 0.25) is 5.91 Å². The average molecular weight is 254 g/mol. The Kier molecular flexibility index (Phi) is 4.22. The van der Waals surface area contributed by atoms with E-state index in [2.05, 4.69) is 0 Å². The molecule has 2 aliphatic rings. The maximum Gasteiger partial charge on any atom is 0.308 e. The van der Waals surface area contributed by atoms with E-state index in [0.29, 0.717) is 19.5 Å². The number of aliphatic carboxylic acids is 1. The lowest BCUT2D eigenvalue weighted by atomic mass is 9.85. The predicted octanol–water partition coefficient (Wildman–Crippen LogP) is 0.827.